The van der Waals surface area contributed by atoms with Crippen LogP contribution < -0.4 is 5.32 Å². The molecule has 116 valence electrons. The molecule has 1 heterocycles. The number of nitrogens with one attached hydrogen (secondary N) is 1. The largest absolute Gasteiger partial charge is 0.478 e. The average molecular weight is 309 g/mol. The third-order valence-electron chi connectivity index (χ3n) is 3.41. The number of amides is 1. The van der Waals surface area contributed by atoms with Crippen molar-refractivity contribution in [1.82, 2.24) is 10.3 Å². The number of carbonyl (C=O) groups is 2. The van der Waals surface area contributed by atoms with Crippen LogP contribution in [0.4, 0.5) is 0 Å². The number of nitriles is 1. The maximum atomic E-state index is 11.8. The van der Waals surface area contributed by atoms with Crippen molar-refractivity contribution in [3.8, 4) is 6.07 Å². The maximum Gasteiger partial charge on any atom is 0.335 e. The minimum Gasteiger partial charge on any atom is -0.478 e. The van der Waals surface area contributed by atoms with E-state index in [1.807, 2.05) is 30.3 Å². The summed E-state index contributed by atoms with van der Waals surface area (Å²) in [5, 5.41) is 20.8. The summed E-state index contributed by atoms with van der Waals surface area (Å²) in [7, 11) is 1.45. The molecule has 2 aromatic rings. The second-order valence-electron chi connectivity index (χ2n) is 4.88. The standard InChI is InChI=1S/C17H15N3O3/c1-19-16(21)15-10-12(17(22)23)9-14(20-15)13(7-8-18)11-5-3-2-4-6-11/h2-6,9-10,13H,7H2,1H3,(H,19,21)(H,22,23). The summed E-state index contributed by atoms with van der Waals surface area (Å²) < 4.78 is 0. The molecule has 0 fully saturated rings. The molecule has 1 amide bonds. The zero-order chi connectivity index (χ0) is 16.8. The Hall–Kier alpha value is -3.20. The summed E-state index contributed by atoms with van der Waals surface area (Å²) in [6.45, 7) is 0. The number of rotatable bonds is 5. The predicted molar refractivity (Wildman–Crippen MR) is 83.1 cm³/mol. The van der Waals surface area contributed by atoms with E-state index >= 15 is 0 Å². The second kappa shape index (κ2) is 7.18. The SMILES string of the molecule is CNC(=O)c1cc(C(=O)O)cc(C(CC#N)c2ccccc2)n1. The van der Waals surface area contributed by atoms with Gasteiger partial charge >= 0.3 is 5.97 Å². The van der Waals surface area contributed by atoms with Crippen molar-refractivity contribution in [2.24, 2.45) is 0 Å². The van der Waals surface area contributed by atoms with E-state index < -0.39 is 17.8 Å². The van der Waals surface area contributed by atoms with Crippen molar-refractivity contribution < 1.29 is 14.7 Å². The molecule has 2 rings (SSSR count). The molecule has 6 nitrogen and oxygen atoms in total. The van der Waals surface area contributed by atoms with Crippen LogP contribution >= 0.6 is 0 Å². The molecule has 0 spiro atoms. The molecule has 1 aromatic heterocycles. The molecule has 0 aliphatic carbocycles. The molecular weight excluding hydrogens is 294 g/mol. The smallest absolute Gasteiger partial charge is 0.335 e. The zero-order valence-corrected chi connectivity index (χ0v) is 12.5. The lowest BCUT2D eigenvalue weighted by Gasteiger charge is -2.15. The van der Waals surface area contributed by atoms with Crippen molar-refractivity contribution in [2.45, 2.75) is 12.3 Å². The maximum absolute atomic E-state index is 11.8. The van der Waals surface area contributed by atoms with E-state index in [4.69, 9.17) is 5.26 Å². The fourth-order valence-corrected chi connectivity index (χ4v) is 2.27. The molecule has 0 saturated heterocycles. The van der Waals surface area contributed by atoms with Crippen molar-refractivity contribution in [2.75, 3.05) is 7.05 Å². The summed E-state index contributed by atoms with van der Waals surface area (Å²) in [5.74, 6) is -2.02. The number of aromatic carboxylic acids is 1. The minimum absolute atomic E-state index is 0.0151. The second-order valence-corrected chi connectivity index (χ2v) is 4.88. The summed E-state index contributed by atoms with van der Waals surface area (Å²) >= 11 is 0. The Morgan fingerprint density at radius 1 is 1.30 bits per heavy atom. The number of carbonyl (C=O) groups excluding carboxylic acids is 1. The molecule has 23 heavy (non-hydrogen) atoms. The van der Waals surface area contributed by atoms with Crippen LogP contribution in [-0.2, 0) is 0 Å². The molecule has 0 saturated carbocycles. The first-order valence-corrected chi connectivity index (χ1v) is 6.96. The Kier molecular flexibility index (Phi) is 5.05. The van der Waals surface area contributed by atoms with Crippen LogP contribution in [0.15, 0.2) is 42.5 Å². The van der Waals surface area contributed by atoms with Crippen LogP contribution in [0.25, 0.3) is 0 Å². The van der Waals surface area contributed by atoms with Gasteiger partial charge in [0.15, 0.2) is 0 Å². The Bertz CT molecular complexity index is 766. The molecule has 6 heteroatoms. The number of carboxylic acids is 1. The van der Waals surface area contributed by atoms with Crippen LogP contribution in [0.5, 0.6) is 0 Å². The van der Waals surface area contributed by atoms with Crippen molar-refractivity contribution in [3.63, 3.8) is 0 Å². The van der Waals surface area contributed by atoms with Crippen LogP contribution in [0, 0.1) is 11.3 Å². The van der Waals surface area contributed by atoms with Crippen LogP contribution in [0.2, 0.25) is 0 Å². The van der Waals surface area contributed by atoms with Gasteiger partial charge in [0.1, 0.15) is 5.69 Å². The highest BCUT2D eigenvalue weighted by Gasteiger charge is 2.20. The lowest BCUT2D eigenvalue weighted by atomic mass is 9.91. The molecule has 0 aliphatic heterocycles. The fourth-order valence-electron chi connectivity index (χ4n) is 2.27. The lowest BCUT2D eigenvalue weighted by Crippen LogP contribution is -2.21. The van der Waals surface area contributed by atoms with E-state index in [1.54, 1.807) is 0 Å². The molecule has 2 N–H and O–H groups in total. The third kappa shape index (κ3) is 3.71. The van der Waals surface area contributed by atoms with Gasteiger partial charge in [0.25, 0.3) is 5.91 Å². The monoisotopic (exact) mass is 309 g/mol. The Labute approximate surface area is 133 Å². The highest BCUT2D eigenvalue weighted by molar-refractivity contribution is 5.95. The van der Waals surface area contributed by atoms with Gasteiger partial charge in [0, 0.05) is 19.4 Å². The minimum atomic E-state index is -1.15. The first-order valence-electron chi connectivity index (χ1n) is 6.96. The fraction of sp³-hybridized carbons (Fsp3) is 0.176. The molecule has 0 aliphatic rings. The van der Waals surface area contributed by atoms with Crippen molar-refractivity contribution >= 4 is 11.9 Å². The summed E-state index contributed by atoms with van der Waals surface area (Å²) in [6.07, 6.45) is 0.132. The number of nitrogens with zero attached hydrogens (tertiary/aromatic N) is 2. The average Bonchev–Trinajstić information content (AvgIpc) is 2.59. The molecule has 0 bridgehead atoms. The van der Waals surface area contributed by atoms with Gasteiger partial charge in [-0.3, -0.25) is 4.79 Å². The summed E-state index contributed by atoms with van der Waals surface area (Å²) in [6, 6.07) is 13.9. The van der Waals surface area contributed by atoms with E-state index in [2.05, 4.69) is 16.4 Å². The van der Waals surface area contributed by atoms with E-state index in [0.29, 0.717) is 5.69 Å². The topological polar surface area (TPSA) is 103 Å². The van der Waals surface area contributed by atoms with E-state index in [0.717, 1.165) is 5.56 Å². The zero-order valence-electron chi connectivity index (χ0n) is 12.5. The van der Waals surface area contributed by atoms with Gasteiger partial charge in [-0.15, -0.1) is 0 Å². The quantitative estimate of drug-likeness (QED) is 0.881. The number of aromatic nitrogens is 1. The number of benzene rings is 1. The van der Waals surface area contributed by atoms with Gasteiger partial charge < -0.3 is 10.4 Å². The summed E-state index contributed by atoms with van der Waals surface area (Å²) in [5.41, 5.74) is 1.21. The van der Waals surface area contributed by atoms with Gasteiger partial charge in [0.2, 0.25) is 0 Å². The van der Waals surface area contributed by atoms with E-state index in [9.17, 15) is 14.7 Å². The number of pyridine rings is 1. The molecule has 1 unspecified atom stereocenters. The Balaban J connectivity index is 2.58. The van der Waals surface area contributed by atoms with E-state index in [1.165, 1.54) is 19.2 Å². The van der Waals surface area contributed by atoms with Gasteiger partial charge in [0.05, 0.1) is 17.3 Å². The van der Waals surface area contributed by atoms with Crippen LogP contribution in [0.1, 0.15) is 44.4 Å². The van der Waals surface area contributed by atoms with Crippen molar-refractivity contribution in [1.29, 1.82) is 5.26 Å². The first kappa shape index (κ1) is 16.2. The molecule has 0 radical (unpaired) electrons. The van der Waals surface area contributed by atoms with Gasteiger partial charge in [-0.25, -0.2) is 9.78 Å². The third-order valence-corrected chi connectivity index (χ3v) is 3.41. The first-order chi connectivity index (χ1) is 11.1. The van der Waals surface area contributed by atoms with Gasteiger partial charge in [-0.1, -0.05) is 30.3 Å². The van der Waals surface area contributed by atoms with Crippen molar-refractivity contribution in [3.05, 3.63) is 65.0 Å². The van der Waals surface area contributed by atoms with Gasteiger partial charge in [-0.05, 0) is 17.7 Å². The summed E-state index contributed by atoms with van der Waals surface area (Å²) in [4.78, 5) is 27.4. The molecule has 1 aromatic carbocycles. The molecule has 1 atom stereocenters. The number of carboxylic acid groups (broad SMARTS) is 1. The lowest BCUT2D eigenvalue weighted by molar-refractivity contribution is 0.0696. The number of hydrogen-bond donors (Lipinski definition) is 2. The van der Waals surface area contributed by atoms with Crippen LogP contribution in [0.3, 0.4) is 0 Å². The van der Waals surface area contributed by atoms with Crippen LogP contribution in [-0.4, -0.2) is 29.0 Å². The molecular formula is C17H15N3O3. The Morgan fingerprint density at radius 2 is 2.00 bits per heavy atom. The highest BCUT2D eigenvalue weighted by Crippen LogP contribution is 2.27. The predicted octanol–water partition coefficient (Wildman–Crippen LogP) is 2.18. The van der Waals surface area contributed by atoms with E-state index in [-0.39, 0.29) is 17.7 Å². The number of hydrogen-bond acceptors (Lipinski definition) is 4. The highest BCUT2D eigenvalue weighted by atomic mass is 16.4. The Morgan fingerprint density at radius 3 is 2.57 bits per heavy atom. The normalized spacial score (nSPS) is 11.3. The van der Waals surface area contributed by atoms with Gasteiger partial charge in [-0.2, -0.15) is 5.26 Å².